The zero-order chi connectivity index (χ0) is 33.1. The van der Waals surface area contributed by atoms with Crippen LogP contribution in [-0.4, -0.2) is 52.0 Å². The summed E-state index contributed by atoms with van der Waals surface area (Å²) >= 11 is 0. The monoisotopic (exact) mass is 678 g/mol. The fraction of sp³-hybridized carbons (Fsp3) is 0.387. The predicted molar refractivity (Wildman–Crippen MR) is 162 cm³/mol. The number of aromatic nitrogens is 1. The molecule has 2 fully saturated rings. The van der Waals surface area contributed by atoms with E-state index in [1.807, 2.05) is 0 Å². The van der Waals surface area contributed by atoms with E-state index in [1.165, 1.54) is 22.5 Å². The van der Waals surface area contributed by atoms with Gasteiger partial charge in [0.15, 0.2) is 0 Å². The van der Waals surface area contributed by atoms with Crippen LogP contribution in [0.5, 0.6) is 0 Å². The number of halogens is 4. The van der Waals surface area contributed by atoms with E-state index in [-0.39, 0.29) is 47.3 Å². The molecule has 1 aliphatic carbocycles. The van der Waals surface area contributed by atoms with E-state index < -0.39 is 67.0 Å². The summed E-state index contributed by atoms with van der Waals surface area (Å²) in [6.45, 7) is 3.21. The number of nitrogens with zero attached hydrogens (tertiary/aromatic N) is 3. The molecule has 46 heavy (non-hydrogen) atoms. The van der Waals surface area contributed by atoms with E-state index in [1.54, 1.807) is 24.3 Å². The molecule has 1 saturated heterocycles. The summed E-state index contributed by atoms with van der Waals surface area (Å²) in [7, 11) is -7.51. The minimum absolute atomic E-state index is 0.0213. The van der Waals surface area contributed by atoms with Gasteiger partial charge in [-0.1, -0.05) is 12.1 Å². The van der Waals surface area contributed by atoms with Crippen molar-refractivity contribution in [2.45, 2.75) is 61.3 Å². The van der Waals surface area contributed by atoms with Crippen LogP contribution in [0.4, 0.5) is 23.2 Å². The summed E-state index contributed by atoms with van der Waals surface area (Å²) in [5.41, 5.74) is -0.876. The summed E-state index contributed by atoms with van der Waals surface area (Å²) in [6.07, 6.45) is -2.43. The third-order valence-corrected chi connectivity index (χ3v) is 12.5. The molecular formula is C31H30F4N4O5S2. The molecule has 1 N–H and O–H groups in total. The average molecular weight is 679 g/mol. The number of fused-ring (bicyclic) bond motifs is 2. The van der Waals surface area contributed by atoms with Crippen LogP contribution >= 0.6 is 0 Å². The Balaban J connectivity index is 1.38. The highest BCUT2D eigenvalue weighted by Gasteiger charge is 2.60. The molecule has 3 aromatic rings. The second-order valence-electron chi connectivity index (χ2n) is 12.0. The molecule has 244 valence electrons. The van der Waals surface area contributed by atoms with Gasteiger partial charge in [-0.15, -0.1) is 0 Å². The number of sulfonamides is 1. The van der Waals surface area contributed by atoms with E-state index in [2.05, 4.69) is 22.0 Å². The van der Waals surface area contributed by atoms with Gasteiger partial charge in [-0.3, -0.25) is 19.1 Å². The van der Waals surface area contributed by atoms with E-state index >= 15 is 0 Å². The van der Waals surface area contributed by atoms with Crippen molar-refractivity contribution < 1.29 is 39.2 Å². The van der Waals surface area contributed by atoms with Crippen molar-refractivity contribution in [2.24, 2.45) is 10.9 Å². The highest BCUT2D eigenvalue weighted by molar-refractivity contribution is 7.93. The molecule has 9 nitrogen and oxygen atoms in total. The molecule has 2 aromatic carbocycles. The molecule has 1 saturated carbocycles. The van der Waals surface area contributed by atoms with Crippen molar-refractivity contribution in [3.05, 3.63) is 88.5 Å². The van der Waals surface area contributed by atoms with Crippen LogP contribution in [0.1, 0.15) is 58.4 Å². The average Bonchev–Trinajstić information content (AvgIpc) is 3.80. The summed E-state index contributed by atoms with van der Waals surface area (Å²) < 4.78 is 108. The lowest BCUT2D eigenvalue weighted by Gasteiger charge is -2.41. The van der Waals surface area contributed by atoms with Crippen LogP contribution in [0.3, 0.4) is 0 Å². The maximum atomic E-state index is 14.4. The normalized spacial score (nSPS) is 20.3. The standard InChI is InChI=1S/C31H30F4N4O5S2/c1-36-16-19-3-2-4-23(13-19)46(43,44)39-27-8-7-21(29(40)38-18-26-25(32)15-22(17-37-26)31(33,34)35)14-24(27)30(28(39)20-5-6-20)9-11-45(41,42)12-10-30/h2-4,7-8,13-15,17,20,28H,1,5-6,9-12,16,18H2,(H,38,40). The molecule has 0 bridgehead atoms. The lowest BCUT2D eigenvalue weighted by molar-refractivity contribution is -0.138. The van der Waals surface area contributed by atoms with Gasteiger partial charge < -0.3 is 5.32 Å². The van der Waals surface area contributed by atoms with E-state index in [0.717, 1.165) is 12.8 Å². The molecule has 15 heteroatoms. The number of amides is 1. The lowest BCUT2D eigenvalue weighted by Crippen LogP contribution is -2.52. The zero-order valence-electron chi connectivity index (χ0n) is 24.4. The first-order valence-corrected chi connectivity index (χ1v) is 17.8. The van der Waals surface area contributed by atoms with Gasteiger partial charge in [0.05, 0.1) is 52.5 Å². The Bertz CT molecular complexity index is 1930. The van der Waals surface area contributed by atoms with Gasteiger partial charge in [-0.25, -0.2) is 21.2 Å². The maximum absolute atomic E-state index is 14.4. The van der Waals surface area contributed by atoms with Crippen molar-refractivity contribution in [2.75, 3.05) is 15.8 Å². The predicted octanol–water partition coefficient (Wildman–Crippen LogP) is 4.80. The summed E-state index contributed by atoms with van der Waals surface area (Å²) in [4.78, 5) is 20.7. The summed E-state index contributed by atoms with van der Waals surface area (Å²) in [6, 6.07) is 10.7. The minimum Gasteiger partial charge on any atom is -0.346 e. The van der Waals surface area contributed by atoms with Crippen LogP contribution in [0.15, 0.2) is 64.6 Å². The number of rotatable bonds is 8. The number of hydrogen-bond acceptors (Lipinski definition) is 7. The van der Waals surface area contributed by atoms with Gasteiger partial charge >= 0.3 is 6.18 Å². The first-order chi connectivity index (χ1) is 21.7. The van der Waals surface area contributed by atoms with Crippen LogP contribution in [0.25, 0.3) is 0 Å². The van der Waals surface area contributed by atoms with Crippen LogP contribution in [0, 0.1) is 11.7 Å². The zero-order valence-corrected chi connectivity index (χ0v) is 26.1. The number of benzene rings is 2. The first-order valence-electron chi connectivity index (χ1n) is 14.6. The van der Waals surface area contributed by atoms with Gasteiger partial charge in [0.1, 0.15) is 15.7 Å². The molecule has 1 amide bonds. The van der Waals surface area contributed by atoms with Crippen molar-refractivity contribution in [3.8, 4) is 0 Å². The fourth-order valence-corrected chi connectivity index (χ4v) is 10.1. The Labute approximate surface area is 263 Å². The van der Waals surface area contributed by atoms with Gasteiger partial charge in [0, 0.05) is 17.2 Å². The molecule has 0 radical (unpaired) electrons. The number of carbonyl (C=O) groups is 1. The summed E-state index contributed by atoms with van der Waals surface area (Å²) in [5.74, 6) is -2.21. The van der Waals surface area contributed by atoms with E-state index in [4.69, 9.17) is 0 Å². The van der Waals surface area contributed by atoms with Crippen molar-refractivity contribution in [1.29, 1.82) is 0 Å². The van der Waals surface area contributed by atoms with Crippen LogP contribution < -0.4 is 9.62 Å². The molecule has 1 unspecified atom stereocenters. The molecular weight excluding hydrogens is 648 g/mol. The topological polar surface area (TPSA) is 126 Å². The fourth-order valence-electron chi connectivity index (χ4n) is 6.67. The highest BCUT2D eigenvalue weighted by atomic mass is 32.2. The van der Waals surface area contributed by atoms with E-state index in [9.17, 15) is 39.2 Å². The lowest BCUT2D eigenvalue weighted by atomic mass is 9.70. The van der Waals surface area contributed by atoms with Crippen LogP contribution in [-0.2, 0) is 44.5 Å². The maximum Gasteiger partial charge on any atom is 0.417 e. The van der Waals surface area contributed by atoms with Crippen molar-refractivity contribution in [3.63, 3.8) is 0 Å². The Morgan fingerprint density at radius 2 is 1.83 bits per heavy atom. The number of sulfone groups is 1. The van der Waals surface area contributed by atoms with E-state index in [0.29, 0.717) is 29.1 Å². The van der Waals surface area contributed by atoms with Gasteiger partial charge in [0.2, 0.25) is 0 Å². The number of aliphatic imine (C=N–C) groups is 1. The number of alkyl halides is 3. The Morgan fingerprint density at radius 1 is 1.11 bits per heavy atom. The van der Waals surface area contributed by atoms with Crippen LogP contribution in [0.2, 0.25) is 0 Å². The first kappa shape index (κ1) is 32.1. The van der Waals surface area contributed by atoms with Gasteiger partial charge in [-0.05, 0) is 85.8 Å². The second kappa shape index (κ2) is 11.4. The molecule has 1 spiro atoms. The molecule has 1 aromatic heterocycles. The van der Waals surface area contributed by atoms with Gasteiger partial charge in [0.25, 0.3) is 15.9 Å². The number of carbonyl (C=O) groups excluding carboxylic acids is 1. The minimum atomic E-state index is -4.78. The molecule has 3 aliphatic rings. The Morgan fingerprint density at radius 3 is 2.46 bits per heavy atom. The SMILES string of the molecule is C=NCc1cccc(S(=O)(=O)N2c3ccc(C(=O)NCc4ncc(C(F)(F)F)cc4F)cc3C3(CCS(=O)(=O)CC3)C2C2CC2)c1. The second-order valence-corrected chi connectivity index (χ2v) is 16.1. The Kier molecular flexibility index (Phi) is 7.98. The number of nitrogens with one attached hydrogen (secondary N) is 1. The number of hydrogen-bond donors (Lipinski definition) is 1. The third-order valence-electron chi connectivity index (χ3n) is 9.05. The highest BCUT2D eigenvalue weighted by Crippen LogP contribution is 2.59. The smallest absolute Gasteiger partial charge is 0.346 e. The molecule has 1 atom stereocenters. The van der Waals surface area contributed by atoms with Gasteiger partial charge in [-0.2, -0.15) is 13.2 Å². The summed E-state index contributed by atoms with van der Waals surface area (Å²) in [5, 5.41) is 2.48. The quantitative estimate of drug-likeness (QED) is 0.270. The molecule has 6 rings (SSSR count). The molecule has 3 heterocycles. The number of pyridine rings is 1. The Hall–Kier alpha value is -3.85. The largest absolute Gasteiger partial charge is 0.417 e. The number of anilines is 1. The molecule has 2 aliphatic heterocycles. The third kappa shape index (κ3) is 5.78. The van der Waals surface area contributed by atoms with Crippen molar-refractivity contribution >= 4 is 38.2 Å². The van der Waals surface area contributed by atoms with Crippen molar-refractivity contribution in [1.82, 2.24) is 10.3 Å².